The van der Waals surface area contributed by atoms with Crippen LogP contribution in [0.1, 0.15) is 31.6 Å². The first kappa shape index (κ1) is 13.4. The molecule has 2 atom stereocenters. The lowest BCUT2D eigenvalue weighted by Crippen LogP contribution is -2.07. The zero-order valence-electron chi connectivity index (χ0n) is 10.5. The first-order valence-electron chi connectivity index (χ1n) is 6.00. The van der Waals surface area contributed by atoms with Gasteiger partial charge in [0.15, 0.2) is 0 Å². The number of aliphatic hydroxyl groups excluding tert-OH is 1. The van der Waals surface area contributed by atoms with Gasteiger partial charge < -0.3 is 14.3 Å². The fourth-order valence-electron chi connectivity index (χ4n) is 1.85. The number of fused-ring (bicyclic) bond motifs is 1. The van der Waals surface area contributed by atoms with Crippen LogP contribution >= 0.6 is 11.6 Å². The van der Waals surface area contributed by atoms with Crippen molar-refractivity contribution in [2.24, 2.45) is 0 Å². The van der Waals surface area contributed by atoms with Crippen LogP contribution < -0.4 is 0 Å². The maximum Gasteiger partial charge on any atom is 0.134 e. The Hall–Kier alpha value is -1.03. The summed E-state index contributed by atoms with van der Waals surface area (Å²) in [6, 6.07) is 7.25. The van der Waals surface area contributed by atoms with E-state index in [9.17, 15) is 5.11 Å². The largest absolute Gasteiger partial charge is 0.458 e. The second-order valence-corrected chi connectivity index (χ2v) is 4.91. The Labute approximate surface area is 111 Å². The van der Waals surface area contributed by atoms with Crippen molar-refractivity contribution >= 4 is 22.6 Å². The molecule has 0 aliphatic heterocycles. The molecule has 2 unspecified atom stereocenters. The first-order valence-corrected chi connectivity index (χ1v) is 6.38. The zero-order valence-corrected chi connectivity index (χ0v) is 11.3. The van der Waals surface area contributed by atoms with Gasteiger partial charge in [-0.25, -0.2) is 0 Å². The zero-order chi connectivity index (χ0) is 13.1. The monoisotopic (exact) mass is 268 g/mol. The molecule has 0 saturated carbocycles. The van der Waals surface area contributed by atoms with Crippen molar-refractivity contribution in [2.45, 2.75) is 32.0 Å². The third-order valence-corrected chi connectivity index (χ3v) is 3.31. The van der Waals surface area contributed by atoms with Crippen LogP contribution in [0.15, 0.2) is 28.7 Å². The highest BCUT2D eigenvalue weighted by atomic mass is 35.5. The van der Waals surface area contributed by atoms with Gasteiger partial charge in [-0.1, -0.05) is 11.6 Å². The summed E-state index contributed by atoms with van der Waals surface area (Å²) in [6.45, 7) is 1.98. The molecule has 2 aromatic rings. The topological polar surface area (TPSA) is 42.6 Å². The minimum atomic E-state index is -0.603. The average molecular weight is 269 g/mol. The lowest BCUT2D eigenvalue weighted by atomic mass is 10.1. The molecule has 3 nitrogen and oxygen atoms in total. The third-order valence-electron chi connectivity index (χ3n) is 3.07. The van der Waals surface area contributed by atoms with Gasteiger partial charge >= 0.3 is 0 Å². The number of furan rings is 1. The molecule has 0 spiro atoms. The maximum absolute atomic E-state index is 10.1. The Balaban J connectivity index is 2.10. The van der Waals surface area contributed by atoms with Crippen LogP contribution in [0.5, 0.6) is 0 Å². The van der Waals surface area contributed by atoms with Crippen molar-refractivity contribution in [3.05, 3.63) is 35.0 Å². The number of ether oxygens (including phenoxy) is 1. The predicted octanol–water partition coefficient (Wildman–Crippen LogP) is 3.93. The Bertz CT molecular complexity index is 521. The lowest BCUT2D eigenvalue weighted by molar-refractivity contribution is 0.0786. The molecule has 98 valence electrons. The van der Waals surface area contributed by atoms with Crippen LogP contribution in [-0.2, 0) is 4.74 Å². The van der Waals surface area contributed by atoms with Crippen LogP contribution in [0, 0.1) is 0 Å². The molecule has 1 N–H and O–H groups in total. The van der Waals surface area contributed by atoms with Crippen molar-refractivity contribution in [3.8, 4) is 0 Å². The molecule has 0 aliphatic rings. The average Bonchev–Trinajstić information content (AvgIpc) is 2.78. The van der Waals surface area contributed by atoms with E-state index in [0.29, 0.717) is 17.2 Å². The normalized spacial score (nSPS) is 14.9. The van der Waals surface area contributed by atoms with Gasteiger partial charge in [-0.05, 0) is 44.0 Å². The van der Waals surface area contributed by atoms with Crippen molar-refractivity contribution in [3.63, 3.8) is 0 Å². The summed E-state index contributed by atoms with van der Waals surface area (Å²) in [6.07, 6.45) is 0.935. The van der Waals surface area contributed by atoms with E-state index in [4.69, 9.17) is 20.8 Å². The van der Waals surface area contributed by atoms with Gasteiger partial charge in [0.25, 0.3) is 0 Å². The Morgan fingerprint density at radius 2 is 2.11 bits per heavy atom. The smallest absolute Gasteiger partial charge is 0.134 e. The van der Waals surface area contributed by atoms with Crippen molar-refractivity contribution in [1.82, 2.24) is 0 Å². The minimum absolute atomic E-state index is 0.137. The molecule has 0 saturated heterocycles. The summed E-state index contributed by atoms with van der Waals surface area (Å²) in [5.74, 6) is 0.579. The van der Waals surface area contributed by atoms with Gasteiger partial charge in [0, 0.05) is 17.5 Å². The van der Waals surface area contributed by atoms with Crippen molar-refractivity contribution in [2.75, 3.05) is 7.11 Å². The highest BCUT2D eigenvalue weighted by molar-refractivity contribution is 6.31. The molecule has 1 heterocycles. The number of aliphatic hydroxyl groups is 1. The lowest BCUT2D eigenvalue weighted by Gasteiger charge is -2.11. The molecular formula is C14H17ClO3. The number of rotatable bonds is 5. The molecule has 1 aromatic carbocycles. The summed E-state index contributed by atoms with van der Waals surface area (Å²) in [5, 5.41) is 11.6. The number of halogens is 1. The Morgan fingerprint density at radius 3 is 2.83 bits per heavy atom. The number of hydrogen-bond acceptors (Lipinski definition) is 3. The number of methoxy groups -OCH3 is 1. The second kappa shape index (κ2) is 5.74. The van der Waals surface area contributed by atoms with Gasteiger partial charge in [-0.15, -0.1) is 0 Å². The van der Waals surface area contributed by atoms with Crippen LogP contribution in [0.4, 0.5) is 0 Å². The van der Waals surface area contributed by atoms with Crippen molar-refractivity contribution in [1.29, 1.82) is 0 Å². The summed E-state index contributed by atoms with van der Waals surface area (Å²) >= 11 is 5.91. The molecule has 0 aliphatic carbocycles. The van der Waals surface area contributed by atoms with E-state index in [0.717, 1.165) is 17.4 Å². The van der Waals surface area contributed by atoms with Gasteiger partial charge in [0.2, 0.25) is 0 Å². The molecule has 0 fully saturated rings. The van der Waals surface area contributed by atoms with E-state index in [2.05, 4.69) is 0 Å². The molecule has 4 heteroatoms. The van der Waals surface area contributed by atoms with Gasteiger partial charge in [-0.3, -0.25) is 0 Å². The predicted molar refractivity (Wildman–Crippen MR) is 71.9 cm³/mol. The summed E-state index contributed by atoms with van der Waals surface area (Å²) in [5.41, 5.74) is 0.744. The van der Waals surface area contributed by atoms with Crippen LogP contribution in [0.2, 0.25) is 5.02 Å². The standard InChI is InChI=1S/C14H17ClO3/c1-9(17-2)3-5-12(16)14-8-10-7-11(15)4-6-13(10)18-14/h4,6-9,12,16H,3,5H2,1-2H3. The summed E-state index contributed by atoms with van der Waals surface area (Å²) in [4.78, 5) is 0. The highest BCUT2D eigenvalue weighted by Crippen LogP contribution is 2.28. The number of benzene rings is 1. The highest BCUT2D eigenvalue weighted by Gasteiger charge is 2.14. The first-order chi connectivity index (χ1) is 8.60. The third kappa shape index (κ3) is 3.05. The molecule has 0 amide bonds. The van der Waals surface area contributed by atoms with E-state index >= 15 is 0 Å². The molecule has 18 heavy (non-hydrogen) atoms. The fourth-order valence-corrected chi connectivity index (χ4v) is 2.03. The molecule has 0 radical (unpaired) electrons. The van der Waals surface area contributed by atoms with E-state index in [1.807, 2.05) is 25.1 Å². The van der Waals surface area contributed by atoms with Crippen molar-refractivity contribution < 1.29 is 14.3 Å². The van der Waals surface area contributed by atoms with Gasteiger partial charge in [0.05, 0.1) is 6.10 Å². The van der Waals surface area contributed by atoms with E-state index in [1.54, 1.807) is 13.2 Å². The van der Waals surface area contributed by atoms with Gasteiger partial charge in [-0.2, -0.15) is 0 Å². The van der Waals surface area contributed by atoms with E-state index < -0.39 is 6.10 Å². The summed E-state index contributed by atoms with van der Waals surface area (Å²) in [7, 11) is 1.67. The van der Waals surface area contributed by atoms with Crippen LogP contribution in [-0.4, -0.2) is 18.3 Å². The van der Waals surface area contributed by atoms with E-state index in [1.165, 1.54) is 0 Å². The van der Waals surface area contributed by atoms with Crippen LogP contribution in [0.25, 0.3) is 11.0 Å². The SMILES string of the molecule is COC(C)CCC(O)c1cc2cc(Cl)ccc2o1. The Kier molecular flexibility index (Phi) is 4.27. The van der Waals surface area contributed by atoms with Crippen LogP contribution in [0.3, 0.4) is 0 Å². The number of hydrogen-bond donors (Lipinski definition) is 1. The van der Waals surface area contributed by atoms with Gasteiger partial charge in [0.1, 0.15) is 17.4 Å². The summed E-state index contributed by atoms with van der Waals surface area (Å²) < 4.78 is 10.8. The molecule has 2 rings (SSSR count). The fraction of sp³-hybridized carbons (Fsp3) is 0.429. The Morgan fingerprint density at radius 1 is 1.33 bits per heavy atom. The second-order valence-electron chi connectivity index (χ2n) is 4.47. The molecule has 1 aromatic heterocycles. The van der Waals surface area contributed by atoms with E-state index in [-0.39, 0.29) is 6.10 Å². The minimum Gasteiger partial charge on any atom is -0.458 e. The maximum atomic E-state index is 10.1. The molecule has 0 bridgehead atoms. The molecular weight excluding hydrogens is 252 g/mol. The quantitative estimate of drug-likeness (QED) is 0.893.